The molecule has 1 aliphatic rings. The lowest BCUT2D eigenvalue weighted by molar-refractivity contribution is -0.384. The molecule has 6 heteroatoms. The Morgan fingerprint density at radius 3 is 1.23 bits per heavy atom. The van der Waals surface area contributed by atoms with Gasteiger partial charge in [0.2, 0.25) is 0 Å². The molecule has 0 N–H and O–H groups in total. The monoisotopic (exact) mass is 434 g/mol. The largest absolute Gasteiger partial charge is 0.328 e. The predicted molar refractivity (Wildman–Crippen MR) is 121 cm³/mol. The van der Waals surface area contributed by atoms with E-state index in [2.05, 4.69) is 6.92 Å². The minimum atomic E-state index is -0.799. The first-order chi connectivity index (χ1) is 14.5. The third-order valence-corrected chi connectivity index (χ3v) is 5.01. The standard InChI is InChI=1S/C14H28O3.C10H22O3/c1-4-15-14(16-5-2,17-6-3)12-13-10-8-7-9-11-13;1-5-9-10(11-6-2,12-7-3)13-8-4/h13H,4-12H2,1-3H3;5-9H2,1-4H3. The van der Waals surface area contributed by atoms with E-state index < -0.39 is 11.9 Å². The van der Waals surface area contributed by atoms with Gasteiger partial charge in [-0.2, -0.15) is 0 Å². The van der Waals surface area contributed by atoms with Crippen LogP contribution in [0.4, 0.5) is 0 Å². The Morgan fingerprint density at radius 1 is 0.533 bits per heavy atom. The Morgan fingerprint density at radius 2 is 0.900 bits per heavy atom. The van der Waals surface area contributed by atoms with E-state index in [1.807, 2.05) is 41.5 Å². The van der Waals surface area contributed by atoms with Crippen LogP contribution in [0.15, 0.2) is 0 Å². The molecule has 0 heterocycles. The molecule has 182 valence electrons. The fourth-order valence-corrected chi connectivity index (χ4v) is 4.01. The Labute approximate surface area is 186 Å². The predicted octanol–water partition coefficient (Wildman–Crippen LogP) is 6.27. The van der Waals surface area contributed by atoms with Crippen LogP contribution in [0, 0.1) is 5.92 Å². The van der Waals surface area contributed by atoms with Crippen molar-refractivity contribution >= 4 is 0 Å². The van der Waals surface area contributed by atoms with Crippen LogP contribution < -0.4 is 0 Å². The first-order valence-electron chi connectivity index (χ1n) is 12.3. The van der Waals surface area contributed by atoms with E-state index in [1.54, 1.807) is 0 Å². The molecule has 0 unspecified atom stereocenters. The molecule has 1 fully saturated rings. The van der Waals surface area contributed by atoms with Gasteiger partial charge in [0.15, 0.2) is 0 Å². The fraction of sp³-hybridized carbons (Fsp3) is 1.00. The Hall–Kier alpha value is -0.240. The number of ether oxygens (including phenoxy) is 6. The highest BCUT2D eigenvalue weighted by molar-refractivity contribution is 4.71. The van der Waals surface area contributed by atoms with Gasteiger partial charge >= 0.3 is 0 Å². The van der Waals surface area contributed by atoms with Crippen molar-refractivity contribution in [1.29, 1.82) is 0 Å². The zero-order valence-electron chi connectivity index (χ0n) is 20.9. The summed E-state index contributed by atoms with van der Waals surface area (Å²) in [6, 6.07) is 0. The van der Waals surface area contributed by atoms with E-state index >= 15 is 0 Å². The zero-order chi connectivity index (χ0) is 22.7. The van der Waals surface area contributed by atoms with E-state index in [0.717, 1.165) is 19.3 Å². The van der Waals surface area contributed by atoms with Crippen molar-refractivity contribution in [1.82, 2.24) is 0 Å². The summed E-state index contributed by atoms with van der Waals surface area (Å²) >= 11 is 0. The zero-order valence-corrected chi connectivity index (χ0v) is 20.9. The molecule has 0 atom stereocenters. The van der Waals surface area contributed by atoms with Crippen LogP contribution in [0.1, 0.15) is 99.8 Å². The smallest absolute Gasteiger partial charge is 0.283 e. The molecule has 0 bridgehead atoms. The minimum absolute atomic E-state index is 0.611. The molecule has 0 amide bonds. The molecule has 0 aromatic rings. The normalized spacial score (nSPS) is 15.7. The minimum Gasteiger partial charge on any atom is -0.328 e. The molecule has 6 nitrogen and oxygen atoms in total. The average molecular weight is 435 g/mol. The Balaban J connectivity index is 0.000000584. The maximum Gasteiger partial charge on any atom is 0.283 e. The highest BCUT2D eigenvalue weighted by Gasteiger charge is 2.36. The van der Waals surface area contributed by atoms with Gasteiger partial charge in [-0.1, -0.05) is 39.0 Å². The van der Waals surface area contributed by atoms with Crippen molar-refractivity contribution < 1.29 is 28.4 Å². The molecule has 1 saturated carbocycles. The van der Waals surface area contributed by atoms with Gasteiger partial charge in [0.25, 0.3) is 11.9 Å². The van der Waals surface area contributed by atoms with Gasteiger partial charge < -0.3 is 28.4 Å². The van der Waals surface area contributed by atoms with E-state index in [-0.39, 0.29) is 0 Å². The average Bonchev–Trinajstić information content (AvgIpc) is 2.71. The lowest BCUT2D eigenvalue weighted by Gasteiger charge is -2.36. The van der Waals surface area contributed by atoms with Gasteiger partial charge in [-0.3, -0.25) is 0 Å². The SMILES string of the molecule is CCCC(OCC)(OCC)OCC.CCOC(CC1CCCCC1)(OCC)OCC. The first kappa shape index (κ1) is 29.8. The van der Waals surface area contributed by atoms with Crippen LogP contribution >= 0.6 is 0 Å². The summed E-state index contributed by atoms with van der Waals surface area (Å²) in [6.07, 6.45) is 9.27. The quantitative estimate of drug-likeness (QED) is 0.267. The topological polar surface area (TPSA) is 55.4 Å². The molecule has 0 aliphatic heterocycles. The maximum absolute atomic E-state index is 5.77. The fourth-order valence-electron chi connectivity index (χ4n) is 4.01. The third kappa shape index (κ3) is 12.0. The summed E-state index contributed by atoms with van der Waals surface area (Å²) in [5.41, 5.74) is 0. The van der Waals surface area contributed by atoms with Crippen molar-refractivity contribution in [3.05, 3.63) is 0 Å². The number of hydrogen-bond donors (Lipinski definition) is 0. The molecule has 0 spiro atoms. The summed E-state index contributed by atoms with van der Waals surface area (Å²) in [6.45, 7) is 17.6. The second-order valence-electron chi connectivity index (χ2n) is 7.42. The van der Waals surface area contributed by atoms with Crippen molar-refractivity contribution in [2.24, 2.45) is 5.92 Å². The summed E-state index contributed by atoms with van der Waals surface area (Å²) in [5.74, 6) is -0.902. The summed E-state index contributed by atoms with van der Waals surface area (Å²) in [7, 11) is 0. The molecule has 0 radical (unpaired) electrons. The van der Waals surface area contributed by atoms with Crippen molar-refractivity contribution in [2.45, 2.75) is 112 Å². The first-order valence-corrected chi connectivity index (χ1v) is 12.3. The molecule has 1 aliphatic carbocycles. The van der Waals surface area contributed by atoms with Gasteiger partial charge in [-0.15, -0.1) is 0 Å². The molecule has 0 saturated heterocycles. The number of rotatable bonds is 16. The second-order valence-corrected chi connectivity index (χ2v) is 7.42. The van der Waals surface area contributed by atoms with Gasteiger partial charge in [0.05, 0.1) is 0 Å². The van der Waals surface area contributed by atoms with Gasteiger partial charge in [-0.25, -0.2) is 0 Å². The van der Waals surface area contributed by atoms with Crippen LogP contribution in [0.3, 0.4) is 0 Å². The van der Waals surface area contributed by atoms with E-state index in [4.69, 9.17) is 28.4 Å². The summed E-state index contributed by atoms with van der Waals surface area (Å²) in [5, 5.41) is 0. The third-order valence-electron chi connectivity index (χ3n) is 5.01. The highest BCUT2D eigenvalue weighted by Crippen LogP contribution is 2.33. The van der Waals surface area contributed by atoms with Gasteiger partial charge in [0, 0.05) is 52.5 Å². The van der Waals surface area contributed by atoms with Crippen LogP contribution in [-0.2, 0) is 28.4 Å². The Bertz CT molecular complexity index is 324. The summed E-state index contributed by atoms with van der Waals surface area (Å²) < 4.78 is 33.8. The summed E-state index contributed by atoms with van der Waals surface area (Å²) in [4.78, 5) is 0. The molecule has 30 heavy (non-hydrogen) atoms. The van der Waals surface area contributed by atoms with E-state index in [0.29, 0.717) is 45.6 Å². The van der Waals surface area contributed by atoms with Crippen molar-refractivity contribution in [3.8, 4) is 0 Å². The van der Waals surface area contributed by atoms with Crippen molar-refractivity contribution in [3.63, 3.8) is 0 Å². The van der Waals surface area contributed by atoms with Crippen LogP contribution in [0.25, 0.3) is 0 Å². The lowest BCUT2D eigenvalue weighted by atomic mass is 9.86. The van der Waals surface area contributed by atoms with E-state index in [1.165, 1.54) is 32.1 Å². The maximum atomic E-state index is 5.77. The lowest BCUT2D eigenvalue weighted by Crippen LogP contribution is -2.41. The molecule has 0 aromatic heterocycles. The van der Waals surface area contributed by atoms with Crippen LogP contribution in [0.2, 0.25) is 0 Å². The van der Waals surface area contributed by atoms with Gasteiger partial charge in [-0.05, 0) is 53.9 Å². The van der Waals surface area contributed by atoms with Crippen LogP contribution in [0.5, 0.6) is 0 Å². The molecule has 1 rings (SSSR count). The van der Waals surface area contributed by atoms with Crippen LogP contribution in [-0.4, -0.2) is 51.6 Å². The van der Waals surface area contributed by atoms with Crippen molar-refractivity contribution in [2.75, 3.05) is 39.6 Å². The molecular weight excluding hydrogens is 384 g/mol. The van der Waals surface area contributed by atoms with E-state index in [9.17, 15) is 0 Å². The Kier molecular flexibility index (Phi) is 18.2. The van der Waals surface area contributed by atoms with Gasteiger partial charge in [0.1, 0.15) is 0 Å². The molecule has 0 aromatic carbocycles. The molecular formula is C24H50O6. The second kappa shape index (κ2) is 18.3. The number of hydrogen-bond acceptors (Lipinski definition) is 6. The highest BCUT2D eigenvalue weighted by atomic mass is 16.9.